The average Bonchev–Trinajstić information content (AvgIpc) is 2.29. The lowest BCUT2D eigenvalue weighted by Gasteiger charge is -2.19. The second-order valence-corrected chi connectivity index (χ2v) is 6.43. The van der Waals surface area contributed by atoms with Crippen molar-refractivity contribution in [1.82, 2.24) is 20.2 Å². The fraction of sp³-hybridized carbons (Fsp3) is 0.857. The zero-order valence-corrected chi connectivity index (χ0v) is 10.4. The Bertz CT molecular complexity index is 309. The molecular formula is C7H11Cl3N4. The molecule has 0 saturated carbocycles. The molecule has 7 heteroatoms. The van der Waals surface area contributed by atoms with Crippen molar-refractivity contribution in [2.45, 2.75) is 31.1 Å². The Hall–Kier alpha value is -0.0600. The van der Waals surface area contributed by atoms with Gasteiger partial charge < -0.3 is 0 Å². The summed E-state index contributed by atoms with van der Waals surface area (Å²) in [6, 6.07) is 0. The molecule has 0 unspecified atom stereocenters. The highest BCUT2D eigenvalue weighted by Gasteiger charge is 2.29. The van der Waals surface area contributed by atoms with Crippen LogP contribution in [0.25, 0.3) is 0 Å². The van der Waals surface area contributed by atoms with Gasteiger partial charge in [-0.25, -0.2) is 0 Å². The van der Waals surface area contributed by atoms with Crippen LogP contribution in [0.2, 0.25) is 0 Å². The minimum absolute atomic E-state index is 0.0440. The van der Waals surface area contributed by atoms with Gasteiger partial charge in [0.1, 0.15) is 0 Å². The smallest absolute Gasteiger partial charge is 0.180 e. The van der Waals surface area contributed by atoms with E-state index in [1.165, 1.54) is 4.68 Å². The van der Waals surface area contributed by atoms with E-state index in [0.717, 1.165) is 0 Å². The molecule has 0 spiro atoms. The monoisotopic (exact) mass is 256 g/mol. The molecule has 0 aliphatic rings. The Kier molecular flexibility index (Phi) is 3.29. The van der Waals surface area contributed by atoms with Crippen LogP contribution in [-0.4, -0.2) is 20.2 Å². The van der Waals surface area contributed by atoms with E-state index in [1.54, 1.807) is 0 Å². The van der Waals surface area contributed by atoms with Gasteiger partial charge in [-0.15, -0.1) is 5.10 Å². The maximum absolute atomic E-state index is 5.69. The van der Waals surface area contributed by atoms with Gasteiger partial charge in [0.05, 0.1) is 0 Å². The van der Waals surface area contributed by atoms with Gasteiger partial charge in [0.15, 0.2) is 5.82 Å². The Morgan fingerprint density at radius 3 is 2.21 bits per heavy atom. The summed E-state index contributed by atoms with van der Waals surface area (Å²) in [6.45, 7) is 6.18. The van der Waals surface area contributed by atoms with Crippen LogP contribution < -0.4 is 0 Å². The number of alkyl halides is 3. The fourth-order valence-electron chi connectivity index (χ4n) is 0.987. The molecule has 0 saturated heterocycles. The largest absolute Gasteiger partial charge is 0.289 e. The lowest BCUT2D eigenvalue weighted by Crippen LogP contribution is -2.21. The average molecular weight is 258 g/mol. The highest BCUT2D eigenvalue weighted by molar-refractivity contribution is 6.64. The number of aromatic nitrogens is 4. The van der Waals surface area contributed by atoms with E-state index < -0.39 is 3.92 Å². The third-order valence-corrected chi connectivity index (χ3v) is 1.94. The Labute approximate surface area is 97.5 Å². The van der Waals surface area contributed by atoms with Crippen LogP contribution in [0.5, 0.6) is 0 Å². The number of hydrogen-bond acceptors (Lipinski definition) is 3. The molecule has 1 aromatic rings. The Morgan fingerprint density at radius 2 is 1.79 bits per heavy atom. The molecule has 0 N–H and O–H groups in total. The minimum atomic E-state index is -1.62. The van der Waals surface area contributed by atoms with Gasteiger partial charge in [-0.1, -0.05) is 55.6 Å². The van der Waals surface area contributed by atoms with E-state index in [4.69, 9.17) is 34.8 Å². The topological polar surface area (TPSA) is 43.6 Å². The maximum Gasteiger partial charge on any atom is 0.289 e. The number of hydrogen-bond donors (Lipinski definition) is 0. The summed E-state index contributed by atoms with van der Waals surface area (Å²) in [6.07, 6.45) is 0.647. The van der Waals surface area contributed by atoms with Gasteiger partial charge in [-0.2, -0.15) is 4.68 Å². The van der Waals surface area contributed by atoms with Gasteiger partial charge in [-0.05, 0) is 15.8 Å². The fourth-order valence-corrected chi connectivity index (χ4v) is 1.38. The zero-order chi connectivity index (χ0) is 11.0. The number of nitrogens with zero attached hydrogens (tertiary/aromatic N) is 4. The van der Waals surface area contributed by atoms with Gasteiger partial charge in [-0.3, -0.25) is 0 Å². The van der Waals surface area contributed by atoms with Gasteiger partial charge >= 0.3 is 0 Å². The summed E-state index contributed by atoms with van der Waals surface area (Å²) in [5.41, 5.74) is 0.0440. The second kappa shape index (κ2) is 3.83. The molecule has 0 aliphatic heterocycles. The number of tetrazole rings is 1. The summed E-state index contributed by atoms with van der Waals surface area (Å²) in [7, 11) is 0. The molecule has 4 nitrogen and oxygen atoms in total. The molecule has 0 radical (unpaired) electrons. The van der Waals surface area contributed by atoms with Crippen LogP contribution >= 0.6 is 34.8 Å². The van der Waals surface area contributed by atoms with E-state index in [1.807, 2.05) is 0 Å². The lowest BCUT2D eigenvalue weighted by molar-refractivity contribution is 0.388. The van der Waals surface area contributed by atoms with Crippen LogP contribution in [0.1, 0.15) is 26.6 Å². The summed E-state index contributed by atoms with van der Waals surface area (Å²) in [5.74, 6) is 0.567. The van der Waals surface area contributed by atoms with Crippen molar-refractivity contribution < 1.29 is 0 Å². The van der Waals surface area contributed by atoms with Gasteiger partial charge in [0, 0.05) is 6.42 Å². The van der Waals surface area contributed by atoms with E-state index in [9.17, 15) is 0 Å². The summed E-state index contributed by atoms with van der Waals surface area (Å²) >= 11 is 17.1. The number of rotatable bonds is 1. The van der Waals surface area contributed by atoms with Crippen LogP contribution in [0.4, 0.5) is 0 Å². The molecule has 0 bridgehead atoms. The first-order chi connectivity index (χ1) is 6.20. The molecule has 0 amide bonds. The van der Waals surface area contributed by atoms with Crippen LogP contribution in [0.3, 0.4) is 0 Å². The van der Waals surface area contributed by atoms with E-state index >= 15 is 0 Å². The normalized spacial score (nSPS) is 13.3. The molecule has 80 valence electrons. The predicted molar refractivity (Wildman–Crippen MR) is 56.5 cm³/mol. The Balaban J connectivity index is 2.95. The Morgan fingerprint density at radius 1 is 1.21 bits per heavy atom. The van der Waals surface area contributed by atoms with Crippen molar-refractivity contribution in [2.75, 3.05) is 0 Å². The summed E-state index contributed by atoms with van der Waals surface area (Å²) in [4.78, 5) is 0. The molecule has 0 aliphatic carbocycles. The van der Waals surface area contributed by atoms with E-state index in [-0.39, 0.29) is 5.41 Å². The van der Waals surface area contributed by atoms with E-state index in [2.05, 4.69) is 36.3 Å². The maximum atomic E-state index is 5.69. The second-order valence-electron chi connectivity index (χ2n) is 4.21. The highest BCUT2D eigenvalue weighted by atomic mass is 35.6. The first-order valence-corrected chi connectivity index (χ1v) is 5.18. The predicted octanol–water partition coefficient (Wildman–Crippen LogP) is 2.55. The minimum Gasteiger partial charge on any atom is -0.180 e. The molecule has 0 fully saturated rings. The van der Waals surface area contributed by atoms with E-state index in [0.29, 0.717) is 12.2 Å². The molecule has 0 aromatic carbocycles. The van der Waals surface area contributed by atoms with Gasteiger partial charge in [0.2, 0.25) is 0 Å². The molecule has 14 heavy (non-hydrogen) atoms. The summed E-state index contributed by atoms with van der Waals surface area (Å²) < 4.78 is -0.424. The molecule has 1 rings (SSSR count). The quantitative estimate of drug-likeness (QED) is 0.726. The number of halogens is 3. The third kappa shape index (κ3) is 3.26. The molecule has 1 aromatic heterocycles. The zero-order valence-electron chi connectivity index (χ0n) is 8.13. The van der Waals surface area contributed by atoms with Crippen molar-refractivity contribution in [3.05, 3.63) is 5.82 Å². The van der Waals surface area contributed by atoms with Crippen molar-refractivity contribution in [3.8, 4) is 0 Å². The van der Waals surface area contributed by atoms with Gasteiger partial charge in [0.25, 0.3) is 3.92 Å². The van der Waals surface area contributed by atoms with Crippen LogP contribution in [0, 0.1) is 5.41 Å². The van der Waals surface area contributed by atoms with Crippen molar-refractivity contribution in [2.24, 2.45) is 5.41 Å². The summed E-state index contributed by atoms with van der Waals surface area (Å²) in [5, 5.41) is 10.9. The van der Waals surface area contributed by atoms with Crippen LogP contribution in [-0.2, 0) is 10.3 Å². The standard InChI is InChI=1S/C7H11Cl3N4/c1-6(2,3)4-5-11-12-13-14(5)7(8,9)10/h4H2,1-3H3. The molecular weight excluding hydrogens is 246 g/mol. The van der Waals surface area contributed by atoms with Crippen molar-refractivity contribution in [3.63, 3.8) is 0 Å². The highest BCUT2D eigenvalue weighted by Crippen LogP contribution is 2.33. The van der Waals surface area contributed by atoms with Crippen LogP contribution in [0.15, 0.2) is 0 Å². The first-order valence-electron chi connectivity index (χ1n) is 4.04. The van der Waals surface area contributed by atoms with Crippen molar-refractivity contribution in [1.29, 1.82) is 0 Å². The van der Waals surface area contributed by atoms with Crippen molar-refractivity contribution >= 4 is 34.8 Å². The third-order valence-electron chi connectivity index (χ3n) is 1.46. The first kappa shape index (κ1) is 12.0. The SMILES string of the molecule is CC(C)(C)Cc1nnnn1C(Cl)(Cl)Cl. The molecule has 0 atom stereocenters. The lowest BCUT2D eigenvalue weighted by atomic mass is 9.92. The molecule has 1 heterocycles.